The molecule has 1 unspecified atom stereocenters. The molecular formula is C14H19FN2O2. The van der Waals surface area contributed by atoms with Crippen molar-refractivity contribution in [1.29, 1.82) is 0 Å². The minimum Gasteiger partial charge on any atom is -0.478 e. The van der Waals surface area contributed by atoms with E-state index in [4.69, 9.17) is 5.11 Å². The normalized spacial score (nSPS) is 20.2. The zero-order valence-electron chi connectivity index (χ0n) is 11.0. The van der Waals surface area contributed by atoms with E-state index in [1.54, 1.807) is 0 Å². The van der Waals surface area contributed by atoms with Crippen LogP contribution in [-0.2, 0) is 0 Å². The van der Waals surface area contributed by atoms with E-state index in [0.717, 1.165) is 25.6 Å². The molecule has 1 aliphatic heterocycles. The average Bonchev–Trinajstić information content (AvgIpc) is 2.37. The van der Waals surface area contributed by atoms with E-state index in [-0.39, 0.29) is 5.56 Å². The van der Waals surface area contributed by atoms with Crippen molar-refractivity contribution in [2.24, 2.45) is 5.92 Å². The number of nitrogens with one attached hydrogen (secondary N) is 1. The molecule has 1 aromatic carbocycles. The van der Waals surface area contributed by atoms with Gasteiger partial charge in [0.15, 0.2) is 0 Å². The number of hydrogen-bond acceptors (Lipinski definition) is 3. The summed E-state index contributed by atoms with van der Waals surface area (Å²) in [6, 6.07) is 3.96. The van der Waals surface area contributed by atoms with Crippen LogP contribution in [-0.4, -0.2) is 42.7 Å². The summed E-state index contributed by atoms with van der Waals surface area (Å²) < 4.78 is 13.7. The van der Waals surface area contributed by atoms with Gasteiger partial charge in [0.25, 0.3) is 0 Å². The van der Waals surface area contributed by atoms with Gasteiger partial charge < -0.3 is 15.3 Å². The van der Waals surface area contributed by atoms with Gasteiger partial charge in [0.2, 0.25) is 0 Å². The Balaban J connectivity index is 1.94. The highest BCUT2D eigenvalue weighted by molar-refractivity contribution is 5.88. The summed E-state index contributed by atoms with van der Waals surface area (Å²) in [6.07, 6.45) is 2.31. The largest absolute Gasteiger partial charge is 0.478 e. The average molecular weight is 266 g/mol. The highest BCUT2D eigenvalue weighted by Gasteiger charge is 2.17. The molecule has 1 saturated heterocycles. The molecule has 2 N–H and O–H groups in total. The Bertz CT molecular complexity index is 465. The topological polar surface area (TPSA) is 52.6 Å². The lowest BCUT2D eigenvalue weighted by molar-refractivity contribution is 0.0696. The molecule has 1 aliphatic rings. The number of piperidine rings is 1. The molecule has 4 nitrogen and oxygen atoms in total. The van der Waals surface area contributed by atoms with Gasteiger partial charge in [-0.15, -0.1) is 0 Å². The molecule has 1 aromatic rings. The summed E-state index contributed by atoms with van der Waals surface area (Å²) in [7, 11) is 2.09. The van der Waals surface area contributed by atoms with Gasteiger partial charge in [0.05, 0.1) is 11.3 Å². The maximum atomic E-state index is 13.7. The molecule has 0 spiro atoms. The van der Waals surface area contributed by atoms with Crippen LogP contribution < -0.4 is 5.32 Å². The number of anilines is 1. The number of carboxylic acid groups (broad SMARTS) is 1. The molecule has 1 fully saturated rings. The first-order chi connectivity index (χ1) is 9.06. The van der Waals surface area contributed by atoms with E-state index in [0.29, 0.717) is 18.2 Å². The summed E-state index contributed by atoms with van der Waals surface area (Å²) in [5.41, 5.74) is 0.346. The maximum Gasteiger partial charge on any atom is 0.335 e. The maximum absolute atomic E-state index is 13.7. The second-order valence-corrected chi connectivity index (χ2v) is 5.15. The van der Waals surface area contributed by atoms with Crippen LogP contribution >= 0.6 is 0 Å². The van der Waals surface area contributed by atoms with Gasteiger partial charge in [-0.2, -0.15) is 0 Å². The summed E-state index contributed by atoms with van der Waals surface area (Å²) in [4.78, 5) is 13.0. The van der Waals surface area contributed by atoms with Crippen molar-refractivity contribution in [3.05, 3.63) is 29.6 Å². The third kappa shape index (κ3) is 3.67. The predicted molar refractivity (Wildman–Crippen MR) is 72.1 cm³/mol. The van der Waals surface area contributed by atoms with Crippen LogP contribution in [0.1, 0.15) is 23.2 Å². The Labute approximate surface area is 112 Å². The molecule has 0 saturated carbocycles. The van der Waals surface area contributed by atoms with E-state index in [1.807, 2.05) is 0 Å². The van der Waals surface area contributed by atoms with E-state index >= 15 is 0 Å². The van der Waals surface area contributed by atoms with Crippen molar-refractivity contribution in [1.82, 2.24) is 4.90 Å². The van der Waals surface area contributed by atoms with Crippen LogP contribution in [0.2, 0.25) is 0 Å². The number of carbonyl (C=O) groups is 1. The van der Waals surface area contributed by atoms with Crippen molar-refractivity contribution >= 4 is 11.7 Å². The molecule has 2 rings (SSSR count). The van der Waals surface area contributed by atoms with E-state index in [1.165, 1.54) is 18.6 Å². The summed E-state index contributed by atoms with van der Waals surface area (Å²) >= 11 is 0. The number of aromatic carboxylic acids is 1. The third-order valence-electron chi connectivity index (χ3n) is 3.52. The molecule has 0 amide bonds. The van der Waals surface area contributed by atoms with Crippen LogP contribution in [0.3, 0.4) is 0 Å². The smallest absolute Gasteiger partial charge is 0.335 e. The molecule has 0 aromatic heterocycles. The Morgan fingerprint density at radius 3 is 3.00 bits per heavy atom. The van der Waals surface area contributed by atoms with Crippen LogP contribution in [0.25, 0.3) is 0 Å². The highest BCUT2D eigenvalue weighted by atomic mass is 19.1. The lowest BCUT2D eigenvalue weighted by atomic mass is 9.98. The number of rotatable bonds is 4. The number of benzene rings is 1. The second kappa shape index (κ2) is 6.02. The molecule has 0 aliphatic carbocycles. The van der Waals surface area contributed by atoms with Crippen molar-refractivity contribution in [2.45, 2.75) is 12.8 Å². The Morgan fingerprint density at radius 1 is 1.58 bits per heavy atom. The molecular weight excluding hydrogens is 247 g/mol. The van der Waals surface area contributed by atoms with Gasteiger partial charge in [-0.05, 0) is 50.6 Å². The van der Waals surface area contributed by atoms with Gasteiger partial charge in [-0.3, -0.25) is 0 Å². The summed E-state index contributed by atoms with van der Waals surface area (Å²) in [5.74, 6) is -1.11. The van der Waals surface area contributed by atoms with E-state index in [2.05, 4.69) is 17.3 Å². The lowest BCUT2D eigenvalue weighted by Gasteiger charge is -2.30. The first-order valence-electron chi connectivity index (χ1n) is 6.51. The van der Waals surface area contributed by atoms with Crippen molar-refractivity contribution < 1.29 is 14.3 Å². The Kier molecular flexibility index (Phi) is 4.37. The predicted octanol–water partition coefficient (Wildman–Crippen LogP) is 2.28. The van der Waals surface area contributed by atoms with Gasteiger partial charge >= 0.3 is 5.97 Å². The molecule has 1 heterocycles. The quantitative estimate of drug-likeness (QED) is 0.878. The second-order valence-electron chi connectivity index (χ2n) is 5.15. The summed E-state index contributed by atoms with van der Waals surface area (Å²) in [5, 5.41) is 11.8. The highest BCUT2D eigenvalue weighted by Crippen LogP contribution is 2.19. The molecule has 0 radical (unpaired) electrons. The minimum atomic E-state index is -1.11. The molecule has 1 atom stereocenters. The summed E-state index contributed by atoms with van der Waals surface area (Å²) in [6.45, 7) is 2.85. The van der Waals surface area contributed by atoms with Crippen LogP contribution in [0.4, 0.5) is 10.1 Å². The van der Waals surface area contributed by atoms with Crippen molar-refractivity contribution in [3.8, 4) is 0 Å². The van der Waals surface area contributed by atoms with Crippen LogP contribution in [0.15, 0.2) is 18.2 Å². The van der Waals surface area contributed by atoms with Crippen molar-refractivity contribution in [3.63, 3.8) is 0 Å². The fourth-order valence-electron chi connectivity index (χ4n) is 2.49. The fraction of sp³-hybridized carbons (Fsp3) is 0.500. The minimum absolute atomic E-state index is 0.0274. The molecule has 104 valence electrons. The molecule has 19 heavy (non-hydrogen) atoms. The van der Waals surface area contributed by atoms with Crippen LogP contribution in [0.5, 0.6) is 0 Å². The van der Waals surface area contributed by atoms with Crippen molar-refractivity contribution in [2.75, 3.05) is 32.0 Å². The lowest BCUT2D eigenvalue weighted by Crippen LogP contribution is -2.35. The number of carboxylic acids is 1. The number of hydrogen-bond donors (Lipinski definition) is 2. The standard InChI is InChI=1S/C14H19FN2O2/c1-17-6-2-3-10(9-17)8-16-13-5-4-11(14(18)19)7-12(13)15/h4-5,7,10,16H,2-3,6,8-9H2,1H3,(H,18,19). The van der Waals surface area contributed by atoms with Gasteiger partial charge in [0.1, 0.15) is 5.82 Å². The fourth-order valence-corrected chi connectivity index (χ4v) is 2.49. The van der Waals surface area contributed by atoms with Gasteiger partial charge in [-0.25, -0.2) is 9.18 Å². The zero-order chi connectivity index (χ0) is 13.8. The Hall–Kier alpha value is -1.62. The van der Waals surface area contributed by atoms with Gasteiger partial charge in [-0.1, -0.05) is 0 Å². The molecule has 0 bridgehead atoms. The third-order valence-corrected chi connectivity index (χ3v) is 3.52. The monoisotopic (exact) mass is 266 g/mol. The van der Waals surface area contributed by atoms with Crippen LogP contribution in [0, 0.1) is 11.7 Å². The number of nitrogens with zero attached hydrogens (tertiary/aromatic N) is 1. The first-order valence-corrected chi connectivity index (χ1v) is 6.51. The SMILES string of the molecule is CN1CCCC(CNc2ccc(C(=O)O)cc2F)C1. The number of likely N-dealkylation sites (tertiary alicyclic amines) is 1. The van der Waals surface area contributed by atoms with Gasteiger partial charge in [0, 0.05) is 13.1 Å². The number of halogens is 1. The zero-order valence-corrected chi connectivity index (χ0v) is 11.0. The van der Waals surface area contributed by atoms with E-state index < -0.39 is 11.8 Å². The van der Waals surface area contributed by atoms with E-state index in [9.17, 15) is 9.18 Å². The Morgan fingerprint density at radius 2 is 2.37 bits per heavy atom. The first kappa shape index (κ1) is 13.8. The molecule has 5 heteroatoms.